The highest BCUT2D eigenvalue weighted by Gasteiger charge is 2.05. The molecule has 0 aliphatic rings. The second kappa shape index (κ2) is 5.07. The van der Waals surface area contributed by atoms with Crippen LogP contribution in [0.4, 0.5) is 5.95 Å². The molecule has 0 unspecified atom stereocenters. The lowest BCUT2D eigenvalue weighted by molar-refractivity contribution is 0.973. The number of hydrogen-bond acceptors (Lipinski definition) is 4. The van der Waals surface area contributed by atoms with Crippen LogP contribution in [0.5, 0.6) is 0 Å². The average Bonchev–Trinajstić information content (AvgIpc) is 2.63. The van der Waals surface area contributed by atoms with Crippen LogP contribution in [0.2, 0.25) is 5.02 Å². The van der Waals surface area contributed by atoms with Gasteiger partial charge in [-0.05, 0) is 17.7 Å². The van der Waals surface area contributed by atoms with Gasteiger partial charge in [0.25, 0.3) is 0 Å². The largest absolute Gasteiger partial charge is 0.368 e. The van der Waals surface area contributed by atoms with Gasteiger partial charge in [0.2, 0.25) is 11.1 Å². The first-order valence-corrected chi connectivity index (χ1v) is 6.55. The molecule has 0 radical (unpaired) electrons. The summed E-state index contributed by atoms with van der Waals surface area (Å²) < 4.78 is 0.966. The Morgan fingerprint density at radius 2 is 2.31 bits per heavy atom. The predicted octanol–water partition coefficient (Wildman–Crippen LogP) is 3.10. The van der Waals surface area contributed by atoms with Crippen LogP contribution in [0.3, 0.4) is 0 Å². The molecule has 1 heterocycles. The Hall–Kier alpha value is -0.720. The lowest BCUT2D eigenvalue weighted by Gasteiger charge is -2.02. The molecule has 3 N–H and O–H groups in total. The molecule has 16 heavy (non-hydrogen) atoms. The smallest absolute Gasteiger partial charge is 0.216 e. The van der Waals surface area contributed by atoms with E-state index in [9.17, 15) is 0 Å². The Kier molecular flexibility index (Phi) is 3.73. The number of nitrogens with one attached hydrogen (secondary N) is 1. The van der Waals surface area contributed by atoms with Crippen LogP contribution in [-0.4, -0.2) is 15.2 Å². The molecule has 0 amide bonds. The van der Waals surface area contributed by atoms with Crippen LogP contribution in [0.25, 0.3) is 0 Å². The van der Waals surface area contributed by atoms with Crippen molar-refractivity contribution in [3.8, 4) is 0 Å². The van der Waals surface area contributed by atoms with Gasteiger partial charge in [0, 0.05) is 15.2 Å². The van der Waals surface area contributed by atoms with Crippen molar-refractivity contribution in [1.82, 2.24) is 15.2 Å². The van der Waals surface area contributed by atoms with Gasteiger partial charge in [-0.25, -0.2) is 5.10 Å². The molecular weight excluding hydrogens is 312 g/mol. The van der Waals surface area contributed by atoms with Gasteiger partial charge in [-0.1, -0.05) is 45.4 Å². The molecular formula is C9H8BrClN4S. The number of rotatable bonds is 3. The first kappa shape index (κ1) is 11.8. The van der Waals surface area contributed by atoms with E-state index in [-0.39, 0.29) is 0 Å². The second-order valence-electron chi connectivity index (χ2n) is 3.03. The fraction of sp³-hybridized carbons (Fsp3) is 0.111. The minimum Gasteiger partial charge on any atom is -0.368 e. The Balaban J connectivity index is 2.04. The van der Waals surface area contributed by atoms with Gasteiger partial charge >= 0.3 is 0 Å². The van der Waals surface area contributed by atoms with Gasteiger partial charge in [-0.3, -0.25) is 0 Å². The molecule has 84 valence electrons. The highest BCUT2D eigenvalue weighted by molar-refractivity contribution is 9.10. The summed E-state index contributed by atoms with van der Waals surface area (Å²) in [6, 6.07) is 5.79. The molecule has 0 bridgehead atoms. The lowest BCUT2D eigenvalue weighted by Crippen LogP contribution is -1.86. The Bertz CT molecular complexity index is 502. The normalized spacial score (nSPS) is 10.6. The first-order chi connectivity index (χ1) is 7.65. The molecule has 2 rings (SSSR count). The third-order valence-corrected chi connectivity index (χ3v) is 3.60. The number of halogens is 2. The predicted molar refractivity (Wildman–Crippen MR) is 69.5 cm³/mol. The fourth-order valence-corrected chi connectivity index (χ4v) is 2.73. The van der Waals surface area contributed by atoms with E-state index >= 15 is 0 Å². The Labute approximate surface area is 110 Å². The standard InChI is InChI=1S/C9H8BrClN4S/c10-6-2-1-5(7(11)3-6)4-16-9-13-8(12)14-15-9/h1-3H,4H2,(H3,12,13,14,15). The zero-order chi connectivity index (χ0) is 11.5. The summed E-state index contributed by atoms with van der Waals surface area (Å²) >= 11 is 10.9. The van der Waals surface area contributed by atoms with Crippen LogP contribution in [0.15, 0.2) is 27.8 Å². The van der Waals surface area contributed by atoms with Crippen LogP contribution >= 0.6 is 39.3 Å². The third-order valence-electron chi connectivity index (χ3n) is 1.85. The number of aromatic nitrogens is 3. The maximum Gasteiger partial charge on any atom is 0.216 e. The Morgan fingerprint density at radius 1 is 1.50 bits per heavy atom. The van der Waals surface area contributed by atoms with Crippen LogP contribution in [0.1, 0.15) is 5.56 Å². The van der Waals surface area contributed by atoms with E-state index in [1.165, 1.54) is 11.8 Å². The maximum absolute atomic E-state index is 6.08. The van der Waals surface area contributed by atoms with Crippen molar-refractivity contribution in [3.05, 3.63) is 33.3 Å². The van der Waals surface area contributed by atoms with Crippen LogP contribution in [0, 0.1) is 0 Å². The van der Waals surface area contributed by atoms with E-state index in [1.54, 1.807) is 0 Å². The number of H-pyrrole nitrogens is 1. The summed E-state index contributed by atoms with van der Waals surface area (Å²) in [4.78, 5) is 3.99. The number of hydrogen-bond donors (Lipinski definition) is 2. The van der Waals surface area contributed by atoms with Gasteiger partial charge in [-0.15, -0.1) is 5.10 Å². The molecule has 0 fully saturated rings. The SMILES string of the molecule is Nc1nc(SCc2ccc(Br)cc2Cl)n[nH]1. The van der Waals surface area contributed by atoms with E-state index in [4.69, 9.17) is 17.3 Å². The molecule has 0 spiro atoms. The number of thioether (sulfide) groups is 1. The zero-order valence-corrected chi connectivity index (χ0v) is 11.2. The summed E-state index contributed by atoms with van der Waals surface area (Å²) in [5, 5.41) is 7.86. The lowest BCUT2D eigenvalue weighted by atomic mass is 10.2. The number of nitrogen functional groups attached to an aromatic ring is 1. The molecule has 2 aromatic rings. The van der Waals surface area contributed by atoms with Crippen molar-refractivity contribution in [3.63, 3.8) is 0 Å². The molecule has 0 aliphatic carbocycles. The quantitative estimate of drug-likeness (QED) is 0.853. The number of aromatic amines is 1. The molecule has 0 saturated carbocycles. The van der Waals surface area contributed by atoms with Crippen LogP contribution < -0.4 is 5.73 Å². The third kappa shape index (κ3) is 2.90. The fourth-order valence-electron chi connectivity index (χ4n) is 1.10. The van der Waals surface area contributed by atoms with E-state index in [0.717, 1.165) is 15.1 Å². The number of nitrogens with two attached hydrogens (primary N) is 1. The molecule has 0 saturated heterocycles. The molecule has 1 aromatic heterocycles. The first-order valence-electron chi connectivity index (χ1n) is 4.40. The van der Waals surface area contributed by atoms with Gasteiger partial charge < -0.3 is 5.73 Å². The van der Waals surface area contributed by atoms with Crippen molar-refractivity contribution < 1.29 is 0 Å². The zero-order valence-electron chi connectivity index (χ0n) is 8.08. The second-order valence-corrected chi connectivity index (χ2v) is 5.29. The summed E-state index contributed by atoms with van der Waals surface area (Å²) in [5.41, 5.74) is 6.46. The van der Waals surface area contributed by atoms with E-state index in [1.807, 2.05) is 18.2 Å². The van der Waals surface area contributed by atoms with Gasteiger partial charge in [-0.2, -0.15) is 4.98 Å². The molecule has 0 atom stereocenters. The highest BCUT2D eigenvalue weighted by Crippen LogP contribution is 2.27. The molecule has 1 aromatic carbocycles. The van der Waals surface area contributed by atoms with E-state index < -0.39 is 0 Å². The van der Waals surface area contributed by atoms with Gasteiger partial charge in [0.15, 0.2) is 0 Å². The Morgan fingerprint density at radius 3 is 2.94 bits per heavy atom. The number of anilines is 1. The summed E-state index contributed by atoms with van der Waals surface area (Å²) in [7, 11) is 0. The number of nitrogens with zero attached hydrogens (tertiary/aromatic N) is 2. The monoisotopic (exact) mass is 318 g/mol. The number of benzene rings is 1. The average molecular weight is 320 g/mol. The van der Waals surface area contributed by atoms with E-state index in [2.05, 4.69) is 31.1 Å². The van der Waals surface area contributed by atoms with Crippen molar-refractivity contribution >= 4 is 45.2 Å². The van der Waals surface area contributed by atoms with Gasteiger partial charge in [0.1, 0.15) is 0 Å². The van der Waals surface area contributed by atoms with Crippen molar-refractivity contribution in [2.45, 2.75) is 10.9 Å². The van der Waals surface area contributed by atoms with Crippen molar-refractivity contribution in [1.29, 1.82) is 0 Å². The summed E-state index contributed by atoms with van der Waals surface area (Å²) in [6.45, 7) is 0. The van der Waals surface area contributed by atoms with E-state index in [0.29, 0.717) is 16.9 Å². The minimum absolute atomic E-state index is 0.324. The molecule has 4 nitrogen and oxygen atoms in total. The molecule has 7 heteroatoms. The highest BCUT2D eigenvalue weighted by atomic mass is 79.9. The summed E-state index contributed by atoms with van der Waals surface area (Å²) in [6.07, 6.45) is 0. The minimum atomic E-state index is 0.324. The summed E-state index contributed by atoms with van der Waals surface area (Å²) in [5.74, 6) is 1.04. The van der Waals surface area contributed by atoms with Crippen molar-refractivity contribution in [2.24, 2.45) is 0 Å². The molecule has 0 aliphatic heterocycles. The van der Waals surface area contributed by atoms with Crippen LogP contribution in [-0.2, 0) is 5.75 Å². The van der Waals surface area contributed by atoms with Gasteiger partial charge in [0.05, 0.1) is 0 Å². The topological polar surface area (TPSA) is 67.6 Å². The maximum atomic E-state index is 6.08. The van der Waals surface area contributed by atoms with Crippen molar-refractivity contribution in [2.75, 3.05) is 5.73 Å².